The Labute approximate surface area is 122 Å². The Morgan fingerprint density at radius 1 is 1.26 bits per heavy atom. The number of carbonyl (C=O) groups excluding carboxylic acids is 1. The van der Waals surface area contributed by atoms with Crippen LogP contribution >= 0.6 is 22.7 Å². The second-order valence-corrected chi connectivity index (χ2v) is 6.74. The van der Waals surface area contributed by atoms with Gasteiger partial charge in [-0.05, 0) is 48.2 Å². The van der Waals surface area contributed by atoms with Crippen molar-refractivity contribution in [3.63, 3.8) is 0 Å². The summed E-state index contributed by atoms with van der Waals surface area (Å²) >= 11 is 3.49. The van der Waals surface area contributed by atoms with Gasteiger partial charge in [0.25, 0.3) is 0 Å². The summed E-state index contributed by atoms with van der Waals surface area (Å²) in [6.07, 6.45) is 2.58. The minimum atomic E-state index is 0.240. The highest BCUT2D eigenvalue weighted by molar-refractivity contribution is 7.10. The van der Waals surface area contributed by atoms with Crippen LogP contribution in [0.3, 0.4) is 0 Å². The van der Waals surface area contributed by atoms with Crippen LogP contribution in [0.15, 0.2) is 29.0 Å². The Kier molecular flexibility index (Phi) is 5.16. The molecule has 0 aliphatic heterocycles. The first kappa shape index (κ1) is 14.3. The fraction of sp³-hybridized carbons (Fsp3) is 0.400. The number of aryl methyl sites for hydroxylation is 2. The van der Waals surface area contributed by atoms with Gasteiger partial charge in [-0.15, -0.1) is 22.7 Å². The molecule has 0 aromatic carbocycles. The highest BCUT2D eigenvalue weighted by Gasteiger charge is 2.11. The van der Waals surface area contributed by atoms with E-state index in [9.17, 15) is 4.79 Å². The van der Waals surface area contributed by atoms with E-state index >= 15 is 0 Å². The van der Waals surface area contributed by atoms with E-state index in [0.29, 0.717) is 6.42 Å². The monoisotopic (exact) mass is 293 g/mol. The Balaban J connectivity index is 1.75. The van der Waals surface area contributed by atoms with Gasteiger partial charge in [0.1, 0.15) is 0 Å². The maximum absolute atomic E-state index is 12.0. The van der Waals surface area contributed by atoms with Crippen molar-refractivity contribution in [1.29, 1.82) is 0 Å². The van der Waals surface area contributed by atoms with Crippen LogP contribution in [0.1, 0.15) is 28.2 Å². The van der Waals surface area contributed by atoms with Gasteiger partial charge < -0.3 is 4.90 Å². The van der Waals surface area contributed by atoms with E-state index < -0.39 is 0 Å². The molecule has 2 nitrogen and oxygen atoms in total. The van der Waals surface area contributed by atoms with E-state index in [2.05, 4.69) is 35.9 Å². The van der Waals surface area contributed by atoms with Gasteiger partial charge in [0.2, 0.25) is 5.91 Å². The first-order chi connectivity index (χ1) is 9.16. The molecule has 0 radical (unpaired) electrons. The molecule has 0 bridgehead atoms. The number of nitrogens with zero attached hydrogens (tertiary/aromatic N) is 1. The van der Waals surface area contributed by atoms with Gasteiger partial charge >= 0.3 is 0 Å². The highest BCUT2D eigenvalue weighted by atomic mass is 32.1. The second-order valence-electron chi connectivity index (χ2n) is 4.71. The molecule has 2 aromatic heterocycles. The van der Waals surface area contributed by atoms with Crippen LogP contribution in [0, 0.1) is 6.92 Å². The number of hydrogen-bond donors (Lipinski definition) is 0. The number of thiophene rings is 2. The van der Waals surface area contributed by atoms with Crippen LogP contribution in [0.5, 0.6) is 0 Å². The van der Waals surface area contributed by atoms with Crippen LogP contribution in [-0.4, -0.2) is 17.9 Å². The average molecular weight is 293 g/mol. The molecular weight excluding hydrogens is 274 g/mol. The Bertz CT molecular complexity index is 516. The summed E-state index contributed by atoms with van der Waals surface area (Å²) in [5.74, 6) is 0.240. The lowest BCUT2D eigenvalue weighted by molar-refractivity contribution is -0.130. The van der Waals surface area contributed by atoms with Gasteiger partial charge in [-0.1, -0.05) is 6.07 Å². The summed E-state index contributed by atoms with van der Waals surface area (Å²) in [5, 5.41) is 4.17. The largest absolute Gasteiger partial charge is 0.341 e. The molecule has 0 saturated heterocycles. The van der Waals surface area contributed by atoms with Crippen molar-refractivity contribution < 1.29 is 4.79 Å². The van der Waals surface area contributed by atoms with Gasteiger partial charge in [0.05, 0.1) is 6.54 Å². The van der Waals surface area contributed by atoms with Crippen molar-refractivity contribution in [1.82, 2.24) is 4.90 Å². The summed E-state index contributed by atoms with van der Waals surface area (Å²) < 4.78 is 0. The van der Waals surface area contributed by atoms with Crippen LogP contribution in [0.2, 0.25) is 0 Å². The molecule has 102 valence electrons. The summed E-state index contributed by atoms with van der Waals surface area (Å²) in [5.41, 5.74) is 1.28. The van der Waals surface area contributed by atoms with Gasteiger partial charge in [0, 0.05) is 23.2 Å². The first-order valence-electron chi connectivity index (χ1n) is 6.46. The van der Waals surface area contributed by atoms with Gasteiger partial charge in [-0.3, -0.25) is 4.79 Å². The molecule has 2 rings (SSSR count). The fourth-order valence-corrected chi connectivity index (χ4v) is 3.64. The first-order valence-corrected chi connectivity index (χ1v) is 8.22. The lowest BCUT2D eigenvalue weighted by Crippen LogP contribution is -2.25. The van der Waals surface area contributed by atoms with Crippen LogP contribution in [-0.2, 0) is 17.8 Å². The third kappa shape index (κ3) is 4.18. The van der Waals surface area contributed by atoms with Crippen LogP contribution in [0.25, 0.3) is 0 Å². The molecule has 0 spiro atoms. The molecule has 0 aliphatic carbocycles. The number of amides is 1. The fourth-order valence-electron chi connectivity index (χ4n) is 1.93. The minimum Gasteiger partial charge on any atom is -0.341 e. The predicted molar refractivity (Wildman–Crippen MR) is 82.8 cm³/mol. The lowest BCUT2D eigenvalue weighted by atomic mass is 10.2. The van der Waals surface area contributed by atoms with Crippen molar-refractivity contribution in [3.8, 4) is 0 Å². The summed E-state index contributed by atoms with van der Waals surface area (Å²) in [6.45, 7) is 2.84. The molecule has 2 heterocycles. The molecule has 0 unspecified atom stereocenters. The molecule has 0 saturated carbocycles. The number of rotatable bonds is 6. The Morgan fingerprint density at radius 3 is 2.74 bits per heavy atom. The maximum Gasteiger partial charge on any atom is 0.222 e. The lowest BCUT2D eigenvalue weighted by Gasteiger charge is -2.16. The van der Waals surface area contributed by atoms with Crippen molar-refractivity contribution in [3.05, 3.63) is 44.3 Å². The second kappa shape index (κ2) is 6.87. The van der Waals surface area contributed by atoms with Crippen molar-refractivity contribution in [2.75, 3.05) is 7.05 Å². The van der Waals surface area contributed by atoms with Gasteiger partial charge in [-0.25, -0.2) is 0 Å². The quantitative estimate of drug-likeness (QED) is 0.785. The van der Waals surface area contributed by atoms with E-state index in [0.717, 1.165) is 19.4 Å². The van der Waals surface area contributed by atoms with E-state index in [-0.39, 0.29) is 5.91 Å². The average Bonchev–Trinajstić information content (AvgIpc) is 3.02. The van der Waals surface area contributed by atoms with E-state index in [1.165, 1.54) is 15.3 Å². The normalized spacial score (nSPS) is 10.6. The van der Waals surface area contributed by atoms with Crippen LogP contribution < -0.4 is 0 Å². The zero-order valence-corrected chi connectivity index (χ0v) is 13.0. The van der Waals surface area contributed by atoms with E-state index in [4.69, 9.17) is 0 Å². The SMILES string of the molecule is Cc1ccsc1CN(C)C(=O)CCCc1cccs1. The standard InChI is InChI=1S/C15H19NOS2/c1-12-8-10-19-14(12)11-16(2)15(17)7-3-5-13-6-4-9-18-13/h4,6,8-10H,3,5,7,11H2,1-2H3. The van der Waals surface area contributed by atoms with E-state index in [1.807, 2.05) is 11.9 Å². The molecule has 0 fully saturated rings. The minimum absolute atomic E-state index is 0.240. The number of hydrogen-bond acceptors (Lipinski definition) is 3. The van der Waals surface area contributed by atoms with Gasteiger partial charge in [0.15, 0.2) is 0 Å². The third-order valence-corrected chi connectivity index (χ3v) is 5.11. The van der Waals surface area contributed by atoms with Crippen molar-refractivity contribution >= 4 is 28.6 Å². The topological polar surface area (TPSA) is 20.3 Å². The molecule has 0 atom stereocenters. The molecule has 0 aliphatic rings. The number of carbonyl (C=O) groups is 1. The summed E-state index contributed by atoms with van der Waals surface area (Å²) in [4.78, 5) is 16.5. The predicted octanol–water partition coefficient (Wildman–Crippen LogP) is 4.10. The van der Waals surface area contributed by atoms with Crippen molar-refractivity contribution in [2.24, 2.45) is 0 Å². The van der Waals surface area contributed by atoms with Crippen LogP contribution in [0.4, 0.5) is 0 Å². The van der Waals surface area contributed by atoms with Gasteiger partial charge in [-0.2, -0.15) is 0 Å². The molecular formula is C15H19NOS2. The molecule has 1 amide bonds. The molecule has 19 heavy (non-hydrogen) atoms. The highest BCUT2D eigenvalue weighted by Crippen LogP contribution is 2.18. The van der Waals surface area contributed by atoms with Crippen molar-refractivity contribution in [2.45, 2.75) is 32.7 Å². The zero-order chi connectivity index (χ0) is 13.7. The summed E-state index contributed by atoms with van der Waals surface area (Å²) in [6, 6.07) is 6.30. The maximum atomic E-state index is 12.0. The third-order valence-electron chi connectivity index (χ3n) is 3.17. The molecule has 2 aromatic rings. The summed E-state index contributed by atoms with van der Waals surface area (Å²) in [7, 11) is 1.90. The zero-order valence-electron chi connectivity index (χ0n) is 11.4. The molecule has 0 N–H and O–H groups in total. The Hall–Kier alpha value is -1.13. The van der Waals surface area contributed by atoms with E-state index in [1.54, 1.807) is 22.7 Å². The Morgan fingerprint density at radius 2 is 2.11 bits per heavy atom. The smallest absolute Gasteiger partial charge is 0.222 e. The molecule has 4 heteroatoms.